The van der Waals surface area contributed by atoms with Crippen LogP contribution in [0, 0.1) is 23.3 Å². The van der Waals surface area contributed by atoms with Crippen LogP contribution in [0.4, 0.5) is 17.6 Å². The van der Waals surface area contributed by atoms with E-state index in [1.165, 1.54) is 0 Å². The number of halogens is 4. The molecular weight excluding hydrogens is 343 g/mol. The molecule has 0 aliphatic rings. The molecule has 0 bridgehead atoms. The van der Waals surface area contributed by atoms with Gasteiger partial charge in [-0.1, -0.05) is 41.5 Å². The molecule has 9 heteroatoms. The lowest BCUT2D eigenvalue weighted by molar-refractivity contribution is 0.269. The standard InChI is InChI=1S/C15H23BF4O3Si/c1-8(2)24(9(3)4,10(5)6)23-16(21)22-12-7-11(17)13(18)15(20)14(12)19/h7-10,21H,1-6H3. The van der Waals surface area contributed by atoms with Crippen molar-refractivity contribution in [3.63, 3.8) is 0 Å². The first-order valence-corrected chi connectivity index (χ1v) is 9.94. The summed E-state index contributed by atoms with van der Waals surface area (Å²) in [6, 6.07) is 0.337. The van der Waals surface area contributed by atoms with Gasteiger partial charge in [-0.15, -0.1) is 0 Å². The van der Waals surface area contributed by atoms with E-state index >= 15 is 0 Å². The van der Waals surface area contributed by atoms with E-state index in [4.69, 9.17) is 9.00 Å². The molecule has 0 radical (unpaired) electrons. The Hall–Kier alpha value is -1.06. The molecule has 0 heterocycles. The van der Waals surface area contributed by atoms with Crippen molar-refractivity contribution in [2.75, 3.05) is 0 Å². The molecule has 24 heavy (non-hydrogen) atoms. The predicted molar refractivity (Wildman–Crippen MR) is 87.0 cm³/mol. The summed E-state index contributed by atoms with van der Waals surface area (Å²) >= 11 is 0. The van der Waals surface area contributed by atoms with Crippen molar-refractivity contribution in [1.82, 2.24) is 0 Å². The highest BCUT2D eigenvalue weighted by Gasteiger charge is 2.48. The van der Waals surface area contributed by atoms with Gasteiger partial charge in [0.15, 0.2) is 20.0 Å². The Morgan fingerprint density at radius 3 is 1.75 bits per heavy atom. The summed E-state index contributed by atoms with van der Waals surface area (Å²) in [7, 11) is -4.47. The van der Waals surface area contributed by atoms with Crippen LogP contribution in [0.3, 0.4) is 0 Å². The lowest BCUT2D eigenvalue weighted by atomic mass is 10.2. The molecular formula is C15H23BF4O3Si. The van der Waals surface area contributed by atoms with Crippen molar-refractivity contribution in [3.8, 4) is 5.75 Å². The number of hydrogen-bond donors (Lipinski definition) is 1. The van der Waals surface area contributed by atoms with Gasteiger partial charge in [0.1, 0.15) is 5.75 Å². The Balaban J connectivity index is 3.09. The highest BCUT2D eigenvalue weighted by atomic mass is 28.4. The summed E-state index contributed by atoms with van der Waals surface area (Å²) in [5, 5.41) is 10.0. The first kappa shape index (κ1) is 21.0. The maximum absolute atomic E-state index is 13.6. The third-order valence-electron chi connectivity index (χ3n) is 4.31. The zero-order valence-corrected chi connectivity index (χ0v) is 15.7. The molecule has 0 amide bonds. The van der Waals surface area contributed by atoms with E-state index in [0.717, 1.165) is 0 Å². The van der Waals surface area contributed by atoms with Gasteiger partial charge in [-0.25, -0.2) is 13.2 Å². The SMILES string of the molecule is CC(C)[Si](OB(O)Oc1cc(F)c(F)c(F)c1F)(C(C)C)C(C)C. The van der Waals surface area contributed by atoms with E-state index in [-0.39, 0.29) is 16.6 Å². The van der Waals surface area contributed by atoms with E-state index in [0.29, 0.717) is 6.07 Å². The minimum absolute atomic E-state index is 0.0993. The van der Waals surface area contributed by atoms with Crippen LogP contribution < -0.4 is 4.65 Å². The molecule has 3 nitrogen and oxygen atoms in total. The van der Waals surface area contributed by atoms with Crippen LogP contribution in [0.1, 0.15) is 41.5 Å². The smallest absolute Gasteiger partial charge is 0.510 e. The third-order valence-corrected chi connectivity index (χ3v) is 10.3. The second-order valence-electron chi connectivity index (χ2n) is 6.66. The van der Waals surface area contributed by atoms with Gasteiger partial charge in [0.25, 0.3) is 0 Å². The molecule has 1 aromatic rings. The van der Waals surface area contributed by atoms with E-state index in [9.17, 15) is 22.6 Å². The average Bonchev–Trinajstić information content (AvgIpc) is 2.46. The maximum Gasteiger partial charge on any atom is 0.699 e. The Bertz CT molecular complexity index is 563. The maximum atomic E-state index is 13.6. The van der Waals surface area contributed by atoms with Gasteiger partial charge in [0.05, 0.1) is 0 Å². The molecule has 0 saturated heterocycles. The minimum Gasteiger partial charge on any atom is -0.510 e. The molecule has 0 saturated carbocycles. The summed E-state index contributed by atoms with van der Waals surface area (Å²) in [5.41, 5.74) is 0.298. The van der Waals surface area contributed by atoms with Gasteiger partial charge < -0.3 is 14.0 Å². The average molecular weight is 366 g/mol. The van der Waals surface area contributed by atoms with Crippen molar-refractivity contribution in [3.05, 3.63) is 29.3 Å². The van der Waals surface area contributed by atoms with Crippen LogP contribution in [0.2, 0.25) is 16.6 Å². The normalized spacial score (nSPS) is 12.4. The number of rotatable bonds is 7. The van der Waals surface area contributed by atoms with E-state index in [1.54, 1.807) is 0 Å². The number of hydrogen-bond acceptors (Lipinski definition) is 3. The fourth-order valence-corrected chi connectivity index (χ4v) is 8.57. The van der Waals surface area contributed by atoms with Crippen molar-refractivity contribution in [2.24, 2.45) is 0 Å². The second kappa shape index (κ2) is 7.88. The molecule has 0 fully saturated rings. The molecule has 0 aliphatic carbocycles. The quantitative estimate of drug-likeness (QED) is 0.326. The largest absolute Gasteiger partial charge is 0.699 e. The van der Waals surface area contributed by atoms with Crippen molar-refractivity contribution in [1.29, 1.82) is 0 Å². The van der Waals surface area contributed by atoms with Gasteiger partial charge in [0, 0.05) is 6.07 Å². The monoisotopic (exact) mass is 366 g/mol. The van der Waals surface area contributed by atoms with Crippen LogP contribution >= 0.6 is 0 Å². The summed E-state index contributed by atoms with van der Waals surface area (Å²) in [4.78, 5) is 0. The molecule has 0 aliphatic heterocycles. The molecule has 0 aromatic heterocycles. The first-order valence-electron chi connectivity index (χ1n) is 7.80. The van der Waals surface area contributed by atoms with Gasteiger partial charge in [-0.05, 0) is 16.6 Å². The third kappa shape index (κ3) is 3.95. The van der Waals surface area contributed by atoms with Crippen molar-refractivity contribution >= 4 is 15.6 Å². The lowest BCUT2D eigenvalue weighted by Crippen LogP contribution is -2.53. The van der Waals surface area contributed by atoms with Crippen LogP contribution in [0.25, 0.3) is 0 Å². The van der Waals surface area contributed by atoms with Gasteiger partial charge in [0.2, 0.25) is 11.6 Å². The zero-order chi connectivity index (χ0) is 18.8. The van der Waals surface area contributed by atoms with Gasteiger partial charge >= 0.3 is 7.32 Å². The summed E-state index contributed by atoms with van der Waals surface area (Å²) in [5.74, 6) is -8.22. The second-order valence-corrected chi connectivity index (χ2v) is 12.1. The molecule has 0 spiro atoms. The topological polar surface area (TPSA) is 38.7 Å². The summed E-state index contributed by atoms with van der Waals surface area (Å²) < 4.78 is 63.6. The van der Waals surface area contributed by atoms with Gasteiger partial charge in [-0.2, -0.15) is 4.39 Å². The molecule has 0 unspecified atom stereocenters. The zero-order valence-electron chi connectivity index (χ0n) is 14.7. The van der Waals surface area contributed by atoms with Crippen LogP contribution in [0.15, 0.2) is 6.07 Å². The van der Waals surface area contributed by atoms with E-state index < -0.39 is 44.7 Å². The molecule has 1 N–H and O–H groups in total. The summed E-state index contributed by atoms with van der Waals surface area (Å²) in [6.07, 6.45) is 0. The van der Waals surface area contributed by atoms with Crippen LogP contribution in [-0.2, 0) is 4.34 Å². The van der Waals surface area contributed by atoms with Crippen molar-refractivity contribution in [2.45, 2.75) is 58.2 Å². The Morgan fingerprint density at radius 1 is 0.875 bits per heavy atom. The van der Waals surface area contributed by atoms with Crippen LogP contribution in [-0.4, -0.2) is 20.7 Å². The minimum atomic E-state index is -2.56. The van der Waals surface area contributed by atoms with E-state index in [1.807, 2.05) is 41.5 Å². The molecule has 136 valence electrons. The first-order chi connectivity index (χ1) is 10.9. The van der Waals surface area contributed by atoms with E-state index in [2.05, 4.69) is 0 Å². The highest BCUT2D eigenvalue weighted by molar-refractivity contribution is 6.81. The Kier molecular flexibility index (Phi) is 6.89. The van der Waals surface area contributed by atoms with Crippen LogP contribution in [0.5, 0.6) is 5.75 Å². The molecule has 1 rings (SSSR count). The fraction of sp³-hybridized carbons (Fsp3) is 0.600. The highest BCUT2D eigenvalue weighted by Crippen LogP contribution is 2.42. The fourth-order valence-electron chi connectivity index (χ4n) is 3.35. The Morgan fingerprint density at radius 2 is 1.33 bits per heavy atom. The molecule has 0 atom stereocenters. The van der Waals surface area contributed by atoms with Crippen molar-refractivity contribution < 1.29 is 31.6 Å². The molecule has 1 aromatic carbocycles. The lowest BCUT2D eigenvalue weighted by Gasteiger charge is -2.42. The van der Waals surface area contributed by atoms with Gasteiger partial charge in [-0.3, -0.25) is 0 Å². The number of benzene rings is 1. The summed E-state index contributed by atoms with van der Waals surface area (Å²) in [6.45, 7) is 11.7. The predicted octanol–water partition coefficient (Wildman–Crippen LogP) is 4.79. The Labute approximate surface area is 141 Å².